The molecule has 0 unspecified atom stereocenters. The number of carbonyl (C=O) groups is 2. The summed E-state index contributed by atoms with van der Waals surface area (Å²) >= 11 is 5.87. The molecule has 3 atom stereocenters. The minimum absolute atomic E-state index is 0.00874. The Morgan fingerprint density at radius 2 is 2.06 bits per heavy atom. The number of cyclic esters (lactones) is 1. The number of nitrogens with zero attached hydrogens (tertiary/aromatic N) is 4. The summed E-state index contributed by atoms with van der Waals surface area (Å²) < 4.78 is 21.0. The zero-order chi connectivity index (χ0) is 22.8. The first-order valence-electron chi connectivity index (χ1n) is 10.8. The number of halogens is 2. The fourth-order valence-corrected chi connectivity index (χ4v) is 5.17. The van der Waals surface area contributed by atoms with Crippen molar-refractivity contribution in [3.63, 3.8) is 0 Å². The SMILES string of the molecule is C[C@@H]1N(c2cnn3c2CN(C(=O)Nc2ccc(F)c(Cl)c2)[C@H]2CCC[C@H]23)C(=O)OC1(C)C. The number of rotatable bonds is 2. The van der Waals surface area contributed by atoms with Crippen LogP contribution in [0, 0.1) is 5.82 Å². The van der Waals surface area contributed by atoms with Crippen molar-refractivity contribution in [2.45, 2.75) is 70.3 Å². The van der Waals surface area contributed by atoms with E-state index in [0.717, 1.165) is 25.0 Å². The van der Waals surface area contributed by atoms with Gasteiger partial charge in [-0.15, -0.1) is 0 Å². The lowest BCUT2D eigenvalue weighted by molar-refractivity contribution is 0.0718. The second-order valence-corrected chi connectivity index (χ2v) is 9.60. The number of benzene rings is 1. The van der Waals surface area contributed by atoms with E-state index in [1.54, 1.807) is 16.0 Å². The topological polar surface area (TPSA) is 79.7 Å². The molecule has 5 rings (SSSR count). The van der Waals surface area contributed by atoms with Crippen molar-refractivity contribution in [2.24, 2.45) is 0 Å². The van der Waals surface area contributed by atoms with Gasteiger partial charge in [-0.2, -0.15) is 5.10 Å². The van der Waals surface area contributed by atoms with Crippen LogP contribution in [-0.4, -0.2) is 44.5 Å². The normalized spacial score (nSPS) is 26.0. The molecular weight excluding hydrogens is 437 g/mol. The maximum atomic E-state index is 13.5. The highest BCUT2D eigenvalue weighted by Crippen LogP contribution is 2.43. The molecular formula is C22H25ClFN5O3. The fraction of sp³-hybridized carbons (Fsp3) is 0.500. The zero-order valence-corrected chi connectivity index (χ0v) is 18.9. The van der Waals surface area contributed by atoms with E-state index in [1.165, 1.54) is 18.2 Å². The van der Waals surface area contributed by atoms with Crippen LogP contribution in [0.4, 0.5) is 25.4 Å². The summed E-state index contributed by atoms with van der Waals surface area (Å²) in [6.45, 7) is 6.01. The lowest BCUT2D eigenvalue weighted by Crippen LogP contribution is -2.49. The second kappa shape index (κ2) is 7.37. The average Bonchev–Trinajstić information content (AvgIpc) is 3.41. The lowest BCUT2D eigenvalue weighted by Gasteiger charge is -2.39. The molecule has 1 saturated carbocycles. The van der Waals surface area contributed by atoms with Crippen LogP contribution in [0.2, 0.25) is 5.02 Å². The third-order valence-corrected chi connectivity index (χ3v) is 7.28. The van der Waals surface area contributed by atoms with Crippen LogP contribution in [0.1, 0.15) is 51.8 Å². The highest BCUT2D eigenvalue weighted by molar-refractivity contribution is 6.31. The molecule has 3 amide bonds. The lowest BCUT2D eigenvalue weighted by atomic mass is 10.00. The molecule has 32 heavy (non-hydrogen) atoms. The quantitative estimate of drug-likeness (QED) is 0.686. The molecule has 2 aromatic rings. The summed E-state index contributed by atoms with van der Waals surface area (Å²) in [5.74, 6) is -0.540. The highest BCUT2D eigenvalue weighted by atomic mass is 35.5. The van der Waals surface area contributed by atoms with E-state index in [0.29, 0.717) is 17.9 Å². The van der Waals surface area contributed by atoms with E-state index in [2.05, 4.69) is 10.4 Å². The van der Waals surface area contributed by atoms with Crippen LogP contribution >= 0.6 is 11.6 Å². The highest BCUT2D eigenvalue weighted by Gasteiger charge is 2.49. The van der Waals surface area contributed by atoms with Gasteiger partial charge in [0.05, 0.1) is 47.3 Å². The fourth-order valence-electron chi connectivity index (χ4n) is 4.99. The molecule has 1 aromatic carbocycles. The average molecular weight is 462 g/mol. The van der Waals surface area contributed by atoms with Gasteiger partial charge >= 0.3 is 12.1 Å². The number of aromatic nitrogens is 2. The number of ether oxygens (including phenoxy) is 1. The van der Waals surface area contributed by atoms with Crippen molar-refractivity contribution < 1.29 is 18.7 Å². The molecule has 10 heteroatoms. The number of anilines is 2. The molecule has 1 N–H and O–H groups in total. The summed E-state index contributed by atoms with van der Waals surface area (Å²) in [6, 6.07) is 3.65. The Morgan fingerprint density at radius 3 is 2.75 bits per heavy atom. The first kappa shape index (κ1) is 21.1. The largest absolute Gasteiger partial charge is 0.441 e. The monoisotopic (exact) mass is 461 g/mol. The molecule has 170 valence electrons. The van der Waals surface area contributed by atoms with Gasteiger partial charge in [0, 0.05) is 5.69 Å². The van der Waals surface area contributed by atoms with Gasteiger partial charge in [-0.05, 0) is 58.2 Å². The Bertz CT molecular complexity index is 1100. The van der Waals surface area contributed by atoms with E-state index < -0.39 is 17.5 Å². The molecule has 3 heterocycles. The van der Waals surface area contributed by atoms with E-state index in [-0.39, 0.29) is 29.2 Å². The Hall–Kier alpha value is -2.81. The Morgan fingerprint density at radius 1 is 1.31 bits per heavy atom. The molecule has 0 spiro atoms. The molecule has 3 aliphatic rings. The van der Waals surface area contributed by atoms with Gasteiger partial charge in [-0.25, -0.2) is 14.0 Å². The number of nitrogens with one attached hydrogen (secondary N) is 1. The van der Waals surface area contributed by atoms with Gasteiger partial charge in [-0.1, -0.05) is 11.6 Å². The maximum absolute atomic E-state index is 13.5. The van der Waals surface area contributed by atoms with E-state index >= 15 is 0 Å². The number of amides is 3. The minimum Gasteiger partial charge on any atom is -0.441 e. The Balaban J connectivity index is 1.46. The third-order valence-electron chi connectivity index (χ3n) is 6.99. The van der Waals surface area contributed by atoms with Gasteiger partial charge in [0.25, 0.3) is 0 Å². The molecule has 8 nitrogen and oxygen atoms in total. The van der Waals surface area contributed by atoms with Gasteiger partial charge < -0.3 is 15.0 Å². The first-order valence-corrected chi connectivity index (χ1v) is 11.2. The van der Waals surface area contributed by atoms with Crippen LogP contribution in [-0.2, 0) is 11.3 Å². The van der Waals surface area contributed by atoms with Crippen LogP contribution in [0.25, 0.3) is 0 Å². The summed E-state index contributed by atoms with van der Waals surface area (Å²) in [7, 11) is 0. The molecule has 0 bridgehead atoms. The van der Waals surface area contributed by atoms with Crippen molar-refractivity contribution >= 4 is 35.1 Å². The number of urea groups is 1. The Labute approximate surface area is 190 Å². The minimum atomic E-state index is -0.630. The standard InChI is InChI=1S/C22H25ClFN5O3/c1-12-22(2,3)32-21(31)28(12)18-10-25-29-17-6-4-5-16(17)27(11-19(18)29)20(30)26-13-7-8-15(24)14(23)9-13/h7-10,12,16-17H,4-6,11H2,1-3H3,(H,26,30)/t12-,16-,17+/m0/s1. The van der Waals surface area contributed by atoms with Gasteiger partial charge in [0.2, 0.25) is 0 Å². The van der Waals surface area contributed by atoms with Gasteiger partial charge in [0.15, 0.2) is 0 Å². The van der Waals surface area contributed by atoms with Crippen LogP contribution < -0.4 is 10.2 Å². The summed E-state index contributed by atoms with van der Waals surface area (Å²) in [5, 5.41) is 7.39. The van der Waals surface area contributed by atoms with Crippen molar-refractivity contribution in [3.05, 3.63) is 40.9 Å². The summed E-state index contributed by atoms with van der Waals surface area (Å²) in [6.07, 6.45) is 4.03. The van der Waals surface area contributed by atoms with Crippen molar-refractivity contribution in [1.82, 2.24) is 14.7 Å². The van der Waals surface area contributed by atoms with Crippen LogP contribution in [0.15, 0.2) is 24.4 Å². The second-order valence-electron chi connectivity index (χ2n) is 9.19. The van der Waals surface area contributed by atoms with E-state index in [1.807, 2.05) is 25.5 Å². The molecule has 1 aliphatic carbocycles. The summed E-state index contributed by atoms with van der Waals surface area (Å²) in [4.78, 5) is 29.3. The predicted octanol–water partition coefficient (Wildman–Crippen LogP) is 4.94. The summed E-state index contributed by atoms with van der Waals surface area (Å²) in [5.41, 5.74) is 1.27. The predicted molar refractivity (Wildman–Crippen MR) is 117 cm³/mol. The van der Waals surface area contributed by atoms with E-state index in [9.17, 15) is 14.0 Å². The molecule has 0 radical (unpaired) electrons. The number of hydrogen-bond acceptors (Lipinski definition) is 4. The molecule has 2 aliphatic heterocycles. The zero-order valence-electron chi connectivity index (χ0n) is 18.1. The number of fused-ring (bicyclic) bond motifs is 3. The molecule has 1 saturated heterocycles. The third kappa shape index (κ3) is 3.21. The Kier molecular flexibility index (Phi) is 4.85. The number of hydrogen-bond donors (Lipinski definition) is 1. The molecule has 1 aromatic heterocycles. The van der Waals surface area contributed by atoms with Crippen molar-refractivity contribution in [1.29, 1.82) is 0 Å². The van der Waals surface area contributed by atoms with Crippen molar-refractivity contribution in [3.8, 4) is 0 Å². The first-order chi connectivity index (χ1) is 15.2. The van der Waals surface area contributed by atoms with Crippen LogP contribution in [0.5, 0.6) is 0 Å². The maximum Gasteiger partial charge on any atom is 0.415 e. The van der Waals surface area contributed by atoms with Crippen molar-refractivity contribution in [2.75, 3.05) is 10.2 Å². The van der Waals surface area contributed by atoms with Gasteiger partial charge in [-0.3, -0.25) is 9.58 Å². The van der Waals surface area contributed by atoms with Gasteiger partial charge in [0.1, 0.15) is 11.4 Å². The van der Waals surface area contributed by atoms with E-state index in [4.69, 9.17) is 16.3 Å². The van der Waals surface area contributed by atoms with Crippen LogP contribution in [0.3, 0.4) is 0 Å². The number of carbonyl (C=O) groups excluding carboxylic acids is 2. The molecule has 2 fully saturated rings. The smallest absolute Gasteiger partial charge is 0.415 e.